The van der Waals surface area contributed by atoms with Gasteiger partial charge >= 0.3 is 0 Å². The van der Waals surface area contributed by atoms with Gasteiger partial charge in [0.2, 0.25) is 0 Å². The molecule has 2 heteroatoms. The van der Waals surface area contributed by atoms with E-state index in [0.717, 1.165) is 38.0 Å². The van der Waals surface area contributed by atoms with Gasteiger partial charge in [-0.3, -0.25) is 0 Å². The molecule has 0 saturated heterocycles. The Hall–Kier alpha value is -1.02. The molecule has 1 saturated carbocycles. The fraction of sp³-hybridized carbons (Fsp3) is 0.571. The fourth-order valence-corrected chi connectivity index (χ4v) is 3.01. The van der Waals surface area contributed by atoms with E-state index < -0.39 is 0 Å². The monoisotopic (exact) mass is 218 g/mol. The van der Waals surface area contributed by atoms with Gasteiger partial charge in [-0.05, 0) is 36.3 Å². The molecule has 1 aromatic carbocycles. The van der Waals surface area contributed by atoms with E-state index in [-0.39, 0.29) is 6.10 Å². The van der Waals surface area contributed by atoms with E-state index in [2.05, 4.69) is 18.2 Å². The number of rotatable bonds is 1. The van der Waals surface area contributed by atoms with Crippen LogP contribution in [0.15, 0.2) is 18.2 Å². The van der Waals surface area contributed by atoms with Gasteiger partial charge in [-0.25, -0.2) is 0 Å². The number of hydrogen-bond donors (Lipinski definition) is 1. The quantitative estimate of drug-likeness (QED) is 0.785. The smallest absolute Gasteiger partial charge is 0.126 e. The minimum atomic E-state index is -0.115. The SMILES string of the molecule is OC1CCCC(c2cccc3c2OCC3)C1. The maximum Gasteiger partial charge on any atom is 0.126 e. The topological polar surface area (TPSA) is 29.5 Å². The summed E-state index contributed by atoms with van der Waals surface area (Å²) in [4.78, 5) is 0. The van der Waals surface area contributed by atoms with Gasteiger partial charge < -0.3 is 9.84 Å². The highest BCUT2D eigenvalue weighted by Gasteiger charge is 2.26. The van der Waals surface area contributed by atoms with E-state index in [1.807, 2.05) is 0 Å². The Bertz CT molecular complexity index is 386. The molecule has 2 atom stereocenters. The van der Waals surface area contributed by atoms with Gasteiger partial charge in [0.05, 0.1) is 12.7 Å². The van der Waals surface area contributed by atoms with Crippen LogP contribution in [0.3, 0.4) is 0 Å². The van der Waals surface area contributed by atoms with Crippen molar-refractivity contribution in [1.29, 1.82) is 0 Å². The number of fused-ring (bicyclic) bond motifs is 1. The van der Waals surface area contributed by atoms with Gasteiger partial charge in [0.15, 0.2) is 0 Å². The predicted molar refractivity (Wildman–Crippen MR) is 62.9 cm³/mol. The molecule has 1 fully saturated rings. The number of aliphatic hydroxyl groups is 1. The van der Waals surface area contributed by atoms with Crippen LogP contribution in [0.25, 0.3) is 0 Å². The summed E-state index contributed by atoms with van der Waals surface area (Å²) in [6.07, 6.45) is 5.12. The lowest BCUT2D eigenvalue weighted by Gasteiger charge is -2.27. The summed E-state index contributed by atoms with van der Waals surface area (Å²) in [7, 11) is 0. The lowest BCUT2D eigenvalue weighted by Crippen LogP contribution is -2.18. The Labute approximate surface area is 96.2 Å². The van der Waals surface area contributed by atoms with Crippen LogP contribution >= 0.6 is 0 Å². The minimum Gasteiger partial charge on any atom is -0.493 e. The summed E-state index contributed by atoms with van der Waals surface area (Å²) in [5.41, 5.74) is 2.67. The van der Waals surface area contributed by atoms with Gasteiger partial charge in [0.1, 0.15) is 5.75 Å². The van der Waals surface area contributed by atoms with Crippen molar-refractivity contribution >= 4 is 0 Å². The molecular weight excluding hydrogens is 200 g/mol. The Morgan fingerprint density at radius 3 is 3.06 bits per heavy atom. The second kappa shape index (κ2) is 4.10. The zero-order valence-corrected chi connectivity index (χ0v) is 9.48. The molecule has 86 valence electrons. The Morgan fingerprint density at radius 2 is 2.19 bits per heavy atom. The van der Waals surface area contributed by atoms with Crippen molar-refractivity contribution in [1.82, 2.24) is 0 Å². The van der Waals surface area contributed by atoms with Crippen molar-refractivity contribution in [3.8, 4) is 5.75 Å². The molecule has 0 aromatic heterocycles. The van der Waals surface area contributed by atoms with E-state index in [1.165, 1.54) is 17.5 Å². The molecule has 1 N–H and O–H groups in total. The molecule has 0 bridgehead atoms. The van der Waals surface area contributed by atoms with Crippen LogP contribution in [-0.4, -0.2) is 17.8 Å². The lowest BCUT2D eigenvalue weighted by atomic mass is 9.81. The first-order valence-corrected chi connectivity index (χ1v) is 6.27. The summed E-state index contributed by atoms with van der Waals surface area (Å²) in [6.45, 7) is 0.821. The first-order valence-electron chi connectivity index (χ1n) is 6.27. The first-order chi connectivity index (χ1) is 7.84. The van der Waals surface area contributed by atoms with E-state index in [9.17, 15) is 5.11 Å². The van der Waals surface area contributed by atoms with Crippen LogP contribution in [0.1, 0.15) is 42.7 Å². The summed E-state index contributed by atoms with van der Waals surface area (Å²) in [5, 5.41) is 9.75. The first kappa shape index (κ1) is 10.2. The van der Waals surface area contributed by atoms with Gasteiger partial charge in [0, 0.05) is 6.42 Å². The fourth-order valence-electron chi connectivity index (χ4n) is 3.01. The molecule has 16 heavy (non-hydrogen) atoms. The van der Waals surface area contributed by atoms with Crippen LogP contribution in [0, 0.1) is 0 Å². The third-order valence-corrected chi connectivity index (χ3v) is 3.83. The molecule has 0 spiro atoms. The highest BCUT2D eigenvalue weighted by molar-refractivity contribution is 5.46. The van der Waals surface area contributed by atoms with Crippen LogP contribution in [-0.2, 0) is 6.42 Å². The molecule has 0 amide bonds. The van der Waals surface area contributed by atoms with Crippen molar-refractivity contribution < 1.29 is 9.84 Å². The van der Waals surface area contributed by atoms with E-state index in [0.29, 0.717) is 5.92 Å². The number of benzene rings is 1. The van der Waals surface area contributed by atoms with Gasteiger partial charge in [-0.15, -0.1) is 0 Å². The normalized spacial score (nSPS) is 28.6. The number of para-hydroxylation sites is 1. The van der Waals surface area contributed by atoms with E-state index in [4.69, 9.17) is 4.74 Å². The lowest BCUT2D eigenvalue weighted by molar-refractivity contribution is 0.119. The molecule has 3 rings (SSSR count). The highest BCUT2D eigenvalue weighted by atomic mass is 16.5. The van der Waals surface area contributed by atoms with Crippen LogP contribution in [0.4, 0.5) is 0 Å². The zero-order chi connectivity index (χ0) is 11.0. The van der Waals surface area contributed by atoms with E-state index in [1.54, 1.807) is 0 Å². The summed E-state index contributed by atoms with van der Waals surface area (Å²) >= 11 is 0. The third-order valence-electron chi connectivity index (χ3n) is 3.83. The molecule has 1 heterocycles. The average Bonchev–Trinajstić information content (AvgIpc) is 2.76. The Morgan fingerprint density at radius 1 is 1.25 bits per heavy atom. The van der Waals surface area contributed by atoms with Gasteiger partial charge in [-0.2, -0.15) is 0 Å². The average molecular weight is 218 g/mol. The Balaban J connectivity index is 1.91. The zero-order valence-electron chi connectivity index (χ0n) is 9.48. The molecule has 2 aliphatic rings. The van der Waals surface area contributed by atoms with E-state index >= 15 is 0 Å². The van der Waals surface area contributed by atoms with Crippen molar-refractivity contribution in [2.45, 2.75) is 44.1 Å². The maximum absolute atomic E-state index is 9.75. The second-order valence-electron chi connectivity index (χ2n) is 4.95. The molecule has 1 aromatic rings. The largest absolute Gasteiger partial charge is 0.493 e. The van der Waals surface area contributed by atoms with Crippen LogP contribution in [0.2, 0.25) is 0 Å². The summed E-state index contributed by atoms with van der Waals surface area (Å²) in [5.74, 6) is 1.61. The van der Waals surface area contributed by atoms with Crippen molar-refractivity contribution in [2.75, 3.05) is 6.61 Å². The predicted octanol–water partition coefficient (Wildman–Crippen LogP) is 2.64. The van der Waals surface area contributed by atoms with Crippen molar-refractivity contribution in [3.05, 3.63) is 29.3 Å². The Kier molecular flexibility index (Phi) is 2.60. The molecule has 2 nitrogen and oxygen atoms in total. The molecular formula is C14H18O2. The summed E-state index contributed by atoms with van der Waals surface area (Å²) < 4.78 is 5.74. The van der Waals surface area contributed by atoms with Gasteiger partial charge in [0.25, 0.3) is 0 Å². The van der Waals surface area contributed by atoms with Crippen molar-refractivity contribution in [2.24, 2.45) is 0 Å². The number of ether oxygens (including phenoxy) is 1. The summed E-state index contributed by atoms with van der Waals surface area (Å²) in [6, 6.07) is 6.46. The standard InChI is InChI=1S/C14H18O2/c15-12-5-1-4-11(9-12)13-6-2-3-10-7-8-16-14(10)13/h2-3,6,11-12,15H,1,4-5,7-9H2. The van der Waals surface area contributed by atoms with Crippen molar-refractivity contribution in [3.63, 3.8) is 0 Å². The number of aliphatic hydroxyl groups excluding tert-OH is 1. The molecule has 1 aliphatic heterocycles. The van der Waals surface area contributed by atoms with Crippen LogP contribution < -0.4 is 4.74 Å². The maximum atomic E-state index is 9.75. The second-order valence-corrected chi connectivity index (χ2v) is 4.95. The molecule has 1 aliphatic carbocycles. The molecule has 0 radical (unpaired) electrons. The third kappa shape index (κ3) is 1.71. The number of hydrogen-bond acceptors (Lipinski definition) is 2. The van der Waals surface area contributed by atoms with Gasteiger partial charge in [-0.1, -0.05) is 24.6 Å². The highest BCUT2D eigenvalue weighted by Crippen LogP contribution is 2.40. The minimum absolute atomic E-state index is 0.115. The molecule has 2 unspecified atom stereocenters. The van der Waals surface area contributed by atoms with Crippen LogP contribution in [0.5, 0.6) is 5.75 Å².